The first-order chi connectivity index (χ1) is 9.53. The summed E-state index contributed by atoms with van der Waals surface area (Å²) in [7, 11) is 1.67. The molecule has 0 spiro atoms. The molecular weight excluding hydrogens is 260 g/mol. The van der Waals surface area contributed by atoms with E-state index in [1.807, 2.05) is 0 Å². The third-order valence-corrected chi connectivity index (χ3v) is 3.29. The van der Waals surface area contributed by atoms with Crippen molar-refractivity contribution in [2.45, 2.75) is 32.1 Å². The predicted molar refractivity (Wildman–Crippen MR) is 75.3 cm³/mol. The smallest absolute Gasteiger partial charge is 0.250 e. The first-order valence-corrected chi connectivity index (χ1v) is 6.75. The predicted octanol–water partition coefficient (Wildman–Crippen LogP) is -0.770. The number of rotatable bonds is 7. The van der Waals surface area contributed by atoms with E-state index < -0.39 is 0 Å². The van der Waals surface area contributed by atoms with Gasteiger partial charge in [-0.3, -0.25) is 14.5 Å². The van der Waals surface area contributed by atoms with Gasteiger partial charge in [-0.1, -0.05) is 0 Å². The molecule has 0 saturated carbocycles. The minimum atomic E-state index is -0.344. The quantitative estimate of drug-likeness (QED) is 0.472. The Morgan fingerprint density at radius 3 is 2.60 bits per heavy atom. The minimum Gasteiger partial charge on any atom is -0.353 e. The van der Waals surface area contributed by atoms with Gasteiger partial charge in [-0.15, -0.1) is 0 Å². The van der Waals surface area contributed by atoms with Crippen LogP contribution < -0.4 is 11.5 Å². The van der Waals surface area contributed by atoms with Crippen LogP contribution in [0.5, 0.6) is 0 Å². The van der Waals surface area contributed by atoms with Crippen molar-refractivity contribution >= 4 is 12.3 Å². The highest BCUT2D eigenvalue weighted by Crippen LogP contribution is 2.22. The lowest BCUT2D eigenvalue weighted by atomic mass is 10.2. The van der Waals surface area contributed by atoms with Gasteiger partial charge in [-0.05, 0) is 19.8 Å². The van der Waals surface area contributed by atoms with Crippen molar-refractivity contribution in [3.63, 3.8) is 0 Å². The normalized spacial score (nSPS) is 22.7. The zero-order chi connectivity index (χ0) is 15.1. The number of nitrogens with zero attached hydrogens (tertiary/aromatic N) is 2. The van der Waals surface area contributed by atoms with Crippen molar-refractivity contribution in [1.29, 1.82) is 0 Å². The highest BCUT2D eigenvalue weighted by molar-refractivity contribution is 5.92. The highest BCUT2D eigenvalue weighted by Gasteiger charge is 2.28. The summed E-state index contributed by atoms with van der Waals surface area (Å²) in [4.78, 5) is 26.1. The first kappa shape index (κ1) is 16.6. The summed E-state index contributed by atoms with van der Waals surface area (Å²) in [6, 6.07) is 0. The number of nitrogens with two attached hydrogens (primary N) is 2. The molecule has 1 aliphatic heterocycles. The van der Waals surface area contributed by atoms with Crippen molar-refractivity contribution in [3.8, 4) is 0 Å². The fourth-order valence-corrected chi connectivity index (χ4v) is 2.14. The van der Waals surface area contributed by atoms with Crippen LogP contribution in [0.1, 0.15) is 19.8 Å². The number of carbonyl (C=O) groups is 2. The zero-order valence-electron chi connectivity index (χ0n) is 12.1. The van der Waals surface area contributed by atoms with Crippen LogP contribution >= 0.6 is 0 Å². The number of hydrogen-bond donors (Lipinski definition) is 2. The summed E-state index contributed by atoms with van der Waals surface area (Å²) in [5, 5.41) is 0. The van der Waals surface area contributed by atoms with Crippen LogP contribution in [0.4, 0.5) is 0 Å². The average molecular weight is 284 g/mol. The highest BCUT2D eigenvalue weighted by atomic mass is 16.5. The molecule has 2 amide bonds. The molecule has 1 aliphatic rings. The Kier molecular flexibility index (Phi) is 6.63. The summed E-state index contributed by atoms with van der Waals surface area (Å²) in [6.45, 7) is 2.97. The monoisotopic (exact) mass is 284 g/mol. The summed E-state index contributed by atoms with van der Waals surface area (Å²) in [5.74, 6) is -0.157. The molecule has 7 heteroatoms. The Labute approximate surface area is 119 Å². The molecule has 0 aromatic carbocycles. The van der Waals surface area contributed by atoms with Gasteiger partial charge in [-0.25, -0.2) is 0 Å². The molecule has 0 aliphatic carbocycles. The molecule has 2 atom stereocenters. The number of hydrogen-bond acceptors (Lipinski definition) is 5. The maximum atomic E-state index is 12.0. The van der Waals surface area contributed by atoms with Crippen molar-refractivity contribution in [2.75, 3.05) is 26.7 Å². The van der Waals surface area contributed by atoms with Gasteiger partial charge >= 0.3 is 0 Å². The second-order valence-corrected chi connectivity index (χ2v) is 4.91. The van der Waals surface area contributed by atoms with Gasteiger partial charge in [0.25, 0.3) is 5.91 Å². The van der Waals surface area contributed by atoms with E-state index in [2.05, 4.69) is 0 Å². The van der Waals surface area contributed by atoms with Crippen LogP contribution in [0.2, 0.25) is 0 Å². The Morgan fingerprint density at radius 2 is 2.10 bits per heavy atom. The van der Waals surface area contributed by atoms with E-state index in [0.717, 1.165) is 12.8 Å². The van der Waals surface area contributed by atoms with E-state index in [4.69, 9.17) is 16.2 Å². The van der Waals surface area contributed by atoms with Crippen LogP contribution in [-0.2, 0) is 14.3 Å². The van der Waals surface area contributed by atoms with Crippen molar-refractivity contribution < 1.29 is 14.3 Å². The molecular formula is C13H24N4O3. The summed E-state index contributed by atoms with van der Waals surface area (Å²) >= 11 is 0. The molecule has 20 heavy (non-hydrogen) atoms. The minimum absolute atomic E-state index is 0.0215. The molecule has 0 aromatic rings. The van der Waals surface area contributed by atoms with Crippen LogP contribution in [0.25, 0.3) is 0 Å². The fraction of sp³-hybridized carbons (Fsp3) is 0.692. The summed E-state index contributed by atoms with van der Waals surface area (Å²) in [5.41, 5.74) is 11.4. The van der Waals surface area contributed by atoms with E-state index in [-0.39, 0.29) is 18.2 Å². The third-order valence-electron chi connectivity index (χ3n) is 3.29. The topological polar surface area (TPSA) is 102 Å². The largest absolute Gasteiger partial charge is 0.353 e. The molecule has 1 fully saturated rings. The van der Waals surface area contributed by atoms with Gasteiger partial charge in [0.2, 0.25) is 6.41 Å². The SMILES string of the molecule is C/C(=C/N(C=O)C1CCC(CN)O1)C(=O)N(C)CCN. The number of carbonyl (C=O) groups excluding carboxylic acids is 2. The molecule has 7 nitrogen and oxygen atoms in total. The maximum Gasteiger partial charge on any atom is 0.250 e. The lowest BCUT2D eigenvalue weighted by molar-refractivity contribution is -0.127. The fourth-order valence-electron chi connectivity index (χ4n) is 2.14. The van der Waals surface area contributed by atoms with E-state index in [1.54, 1.807) is 14.0 Å². The van der Waals surface area contributed by atoms with Crippen LogP contribution in [0.15, 0.2) is 11.8 Å². The van der Waals surface area contributed by atoms with Gasteiger partial charge in [0.1, 0.15) is 6.23 Å². The van der Waals surface area contributed by atoms with Crippen LogP contribution in [0, 0.1) is 0 Å². The Bertz CT molecular complexity index is 373. The van der Waals surface area contributed by atoms with Gasteiger partial charge < -0.3 is 21.1 Å². The summed E-state index contributed by atoms with van der Waals surface area (Å²) < 4.78 is 5.63. The average Bonchev–Trinajstić information content (AvgIpc) is 2.92. The summed E-state index contributed by atoms with van der Waals surface area (Å²) in [6.07, 6.45) is 3.36. The Balaban J connectivity index is 2.68. The number of ether oxygens (including phenoxy) is 1. The lowest BCUT2D eigenvalue weighted by Gasteiger charge is -2.23. The Morgan fingerprint density at radius 1 is 1.40 bits per heavy atom. The van der Waals surface area contributed by atoms with Gasteiger partial charge in [0, 0.05) is 38.5 Å². The third kappa shape index (κ3) is 4.29. The van der Waals surface area contributed by atoms with Crippen LogP contribution in [-0.4, -0.2) is 61.1 Å². The van der Waals surface area contributed by atoms with E-state index in [1.165, 1.54) is 16.0 Å². The number of amides is 2. The molecule has 1 rings (SSSR count). The Hall–Kier alpha value is -1.44. The standard InChI is InChI=1S/C13H24N4O3/c1-10(13(19)16(2)6-5-14)8-17(9-18)12-4-3-11(7-15)20-12/h8-9,11-12H,3-7,14-15H2,1-2H3/b10-8-. The zero-order valence-corrected chi connectivity index (χ0v) is 12.1. The van der Waals surface area contributed by atoms with Gasteiger partial charge in [-0.2, -0.15) is 0 Å². The van der Waals surface area contributed by atoms with Crippen molar-refractivity contribution in [3.05, 3.63) is 11.8 Å². The molecule has 0 aromatic heterocycles. The molecule has 1 heterocycles. The maximum absolute atomic E-state index is 12.0. The van der Waals surface area contributed by atoms with Crippen molar-refractivity contribution in [2.24, 2.45) is 11.5 Å². The van der Waals surface area contributed by atoms with E-state index >= 15 is 0 Å². The van der Waals surface area contributed by atoms with E-state index in [9.17, 15) is 9.59 Å². The van der Waals surface area contributed by atoms with E-state index in [0.29, 0.717) is 31.6 Å². The first-order valence-electron chi connectivity index (χ1n) is 6.75. The number of likely N-dealkylation sites (N-methyl/N-ethyl adjacent to an activating group) is 1. The molecule has 2 unspecified atom stereocenters. The van der Waals surface area contributed by atoms with Gasteiger partial charge in [0.05, 0.1) is 6.10 Å². The molecule has 4 N–H and O–H groups in total. The van der Waals surface area contributed by atoms with Gasteiger partial charge in [0.15, 0.2) is 0 Å². The molecule has 0 bridgehead atoms. The molecule has 0 radical (unpaired) electrons. The van der Waals surface area contributed by atoms with Crippen molar-refractivity contribution in [1.82, 2.24) is 9.80 Å². The molecule has 114 valence electrons. The lowest BCUT2D eigenvalue weighted by Crippen LogP contribution is -2.35. The second kappa shape index (κ2) is 7.98. The molecule has 1 saturated heterocycles. The second-order valence-electron chi connectivity index (χ2n) is 4.91. The van der Waals surface area contributed by atoms with Crippen LogP contribution in [0.3, 0.4) is 0 Å².